The molecule has 0 atom stereocenters. The van der Waals surface area contributed by atoms with Crippen molar-refractivity contribution in [3.63, 3.8) is 0 Å². The predicted molar refractivity (Wildman–Crippen MR) is 87.5 cm³/mol. The number of halogens is 2. The van der Waals surface area contributed by atoms with Crippen LogP contribution >= 0.6 is 11.8 Å². The summed E-state index contributed by atoms with van der Waals surface area (Å²) in [5, 5.41) is 8.77. The molecule has 0 saturated heterocycles. The van der Waals surface area contributed by atoms with E-state index in [1.54, 1.807) is 0 Å². The average Bonchev–Trinajstić information content (AvgIpc) is 3.36. The number of pyridine rings is 1. The third kappa shape index (κ3) is 2.53. The number of nitrogens with zero attached hydrogens (tertiary/aromatic N) is 1. The summed E-state index contributed by atoms with van der Waals surface area (Å²) in [5.41, 5.74) is 8.88. The number of aromatic carboxylic acids is 1. The van der Waals surface area contributed by atoms with Gasteiger partial charge in [-0.25, -0.2) is 13.6 Å². The number of nitrogens with two attached hydrogens (primary N) is 2. The van der Waals surface area contributed by atoms with Gasteiger partial charge in [-0.05, 0) is 12.8 Å². The minimum Gasteiger partial charge on any atom is -0.477 e. The molecule has 0 radical (unpaired) electrons. The molecule has 1 saturated carbocycles. The molecule has 1 aromatic heterocycles. The van der Waals surface area contributed by atoms with Crippen LogP contribution in [0.15, 0.2) is 15.9 Å². The fraction of sp³-hybridized carbons (Fsp3) is 0.333. The molecule has 0 bridgehead atoms. The molecule has 2 aromatic rings. The van der Waals surface area contributed by atoms with E-state index in [1.807, 2.05) is 0 Å². The number of rotatable bonds is 5. The summed E-state index contributed by atoms with van der Waals surface area (Å²) in [5.74, 6) is -3.14. The Morgan fingerprint density at radius 2 is 2.04 bits per heavy atom. The number of nitrogen functional groups attached to an aromatic ring is 1. The third-order valence-corrected chi connectivity index (χ3v) is 4.97. The van der Waals surface area contributed by atoms with E-state index in [-0.39, 0.29) is 28.8 Å². The summed E-state index contributed by atoms with van der Waals surface area (Å²) in [6.07, 6.45) is 2.56. The second kappa shape index (κ2) is 6.06. The van der Waals surface area contributed by atoms with Gasteiger partial charge in [0.15, 0.2) is 11.6 Å². The lowest BCUT2D eigenvalue weighted by atomic mass is 10.1. The standard InChI is InChI=1S/C15H15F2N3O3S/c16-9-11(19)8-12(10(17)14(9)24-4-3-18)20(6-1-2-6)5-7(13(8)21)15(22)23/h5-6H,1-4,18-19H2,(H,22,23). The molecule has 3 rings (SSSR count). The Labute approximate surface area is 139 Å². The lowest BCUT2D eigenvalue weighted by Gasteiger charge is -2.16. The first-order chi connectivity index (χ1) is 11.4. The maximum Gasteiger partial charge on any atom is 0.341 e. The summed E-state index contributed by atoms with van der Waals surface area (Å²) < 4.78 is 30.8. The molecule has 9 heteroatoms. The molecule has 0 amide bonds. The number of carboxylic acid groups (broad SMARTS) is 1. The van der Waals surface area contributed by atoms with Gasteiger partial charge in [0, 0.05) is 24.5 Å². The molecule has 1 aliphatic carbocycles. The molecule has 5 N–H and O–H groups in total. The maximum absolute atomic E-state index is 14.9. The lowest BCUT2D eigenvalue weighted by molar-refractivity contribution is 0.0695. The Hall–Kier alpha value is -2.13. The van der Waals surface area contributed by atoms with Crippen molar-refractivity contribution in [1.29, 1.82) is 0 Å². The van der Waals surface area contributed by atoms with E-state index in [0.29, 0.717) is 0 Å². The maximum atomic E-state index is 14.9. The van der Waals surface area contributed by atoms with Gasteiger partial charge < -0.3 is 21.1 Å². The monoisotopic (exact) mass is 355 g/mol. The number of anilines is 1. The predicted octanol–water partition coefficient (Wildman–Crippen LogP) is 1.95. The van der Waals surface area contributed by atoms with Crippen LogP contribution in [0, 0.1) is 11.6 Å². The van der Waals surface area contributed by atoms with Crippen LogP contribution in [0.2, 0.25) is 0 Å². The smallest absolute Gasteiger partial charge is 0.341 e. The minimum absolute atomic E-state index is 0.127. The normalized spacial score (nSPS) is 14.3. The molecule has 128 valence electrons. The van der Waals surface area contributed by atoms with Crippen molar-refractivity contribution in [2.24, 2.45) is 5.73 Å². The zero-order chi connectivity index (χ0) is 17.6. The number of hydrogen-bond acceptors (Lipinski definition) is 5. The van der Waals surface area contributed by atoms with Crippen molar-refractivity contribution < 1.29 is 18.7 Å². The molecular formula is C15H15F2N3O3S. The topological polar surface area (TPSA) is 111 Å². The molecule has 24 heavy (non-hydrogen) atoms. The van der Waals surface area contributed by atoms with Crippen LogP contribution in [0.3, 0.4) is 0 Å². The number of carboxylic acids is 1. The van der Waals surface area contributed by atoms with E-state index in [2.05, 4.69) is 0 Å². The highest BCUT2D eigenvalue weighted by molar-refractivity contribution is 7.99. The Balaban J connectivity index is 2.44. The quantitative estimate of drug-likeness (QED) is 0.558. The summed E-state index contributed by atoms with van der Waals surface area (Å²) in [6, 6.07) is -0.127. The highest BCUT2D eigenvalue weighted by Gasteiger charge is 2.31. The van der Waals surface area contributed by atoms with Crippen LogP contribution < -0.4 is 16.9 Å². The zero-order valence-corrected chi connectivity index (χ0v) is 13.3. The van der Waals surface area contributed by atoms with Gasteiger partial charge in [0.05, 0.1) is 21.5 Å². The Morgan fingerprint density at radius 3 is 2.58 bits per heavy atom. The zero-order valence-electron chi connectivity index (χ0n) is 12.5. The van der Waals surface area contributed by atoms with Gasteiger partial charge in [-0.3, -0.25) is 4.79 Å². The fourth-order valence-electron chi connectivity index (χ4n) is 2.62. The summed E-state index contributed by atoms with van der Waals surface area (Å²) in [7, 11) is 0. The third-order valence-electron chi connectivity index (χ3n) is 3.88. The molecule has 1 fully saturated rings. The van der Waals surface area contributed by atoms with Crippen LogP contribution in [0.4, 0.5) is 14.5 Å². The van der Waals surface area contributed by atoms with Gasteiger partial charge in [0.2, 0.25) is 5.43 Å². The SMILES string of the molecule is NCCSc1c(F)c(N)c2c(=O)c(C(=O)O)cn(C3CC3)c2c1F. The molecule has 1 aliphatic rings. The van der Waals surface area contributed by atoms with E-state index in [9.17, 15) is 23.5 Å². The van der Waals surface area contributed by atoms with Crippen molar-refractivity contribution in [3.8, 4) is 0 Å². The van der Waals surface area contributed by atoms with Gasteiger partial charge in [0.1, 0.15) is 5.56 Å². The van der Waals surface area contributed by atoms with Gasteiger partial charge in [-0.1, -0.05) is 0 Å². The van der Waals surface area contributed by atoms with Crippen LogP contribution in [-0.4, -0.2) is 27.9 Å². The highest BCUT2D eigenvalue weighted by atomic mass is 32.2. The molecule has 1 aromatic carbocycles. The lowest BCUT2D eigenvalue weighted by Crippen LogP contribution is -2.21. The van der Waals surface area contributed by atoms with Crippen molar-refractivity contribution in [2.45, 2.75) is 23.8 Å². The van der Waals surface area contributed by atoms with Gasteiger partial charge in [0.25, 0.3) is 0 Å². The first-order valence-electron chi connectivity index (χ1n) is 7.29. The first kappa shape index (κ1) is 16.7. The van der Waals surface area contributed by atoms with E-state index in [1.165, 1.54) is 4.57 Å². The Kier molecular flexibility index (Phi) is 4.22. The largest absolute Gasteiger partial charge is 0.477 e. The molecular weight excluding hydrogens is 340 g/mol. The minimum atomic E-state index is -1.46. The fourth-order valence-corrected chi connectivity index (χ4v) is 3.41. The van der Waals surface area contributed by atoms with Crippen LogP contribution in [0.5, 0.6) is 0 Å². The van der Waals surface area contributed by atoms with Crippen LogP contribution in [0.1, 0.15) is 29.2 Å². The number of carbonyl (C=O) groups is 1. The number of thioether (sulfide) groups is 1. The number of benzene rings is 1. The Morgan fingerprint density at radius 1 is 1.38 bits per heavy atom. The summed E-state index contributed by atoms with van der Waals surface area (Å²) in [4.78, 5) is 23.4. The number of fused-ring (bicyclic) bond motifs is 1. The highest BCUT2D eigenvalue weighted by Crippen LogP contribution is 2.41. The van der Waals surface area contributed by atoms with Crippen molar-refractivity contribution in [3.05, 3.63) is 33.6 Å². The average molecular weight is 355 g/mol. The number of hydrogen-bond donors (Lipinski definition) is 3. The van der Waals surface area contributed by atoms with Gasteiger partial charge in [-0.15, -0.1) is 11.8 Å². The second-order valence-corrected chi connectivity index (χ2v) is 6.65. The van der Waals surface area contributed by atoms with E-state index < -0.39 is 39.7 Å². The van der Waals surface area contributed by atoms with Gasteiger partial charge in [-0.2, -0.15) is 0 Å². The second-order valence-electron chi connectivity index (χ2n) is 5.55. The molecule has 1 heterocycles. The van der Waals surface area contributed by atoms with Crippen molar-refractivity contribution >= 4 is 34.3 Å². The summed E-state index contributed by atoms with van der Waals surface area (Å²) >= 11 is 0.873. The van der Waals surface area contributed by atoms with Gasteiger partial charge >= 0.3 is 5.97 Å². The molecule has 0 aliphatic heterocycles. The first-order valence-corrected chi connectivity index (χ1v) is 8.28. The van der Waals surface area contributed by atoms with E-state index in [4.69, 9.17) is 11.5 Å². The van der Waals surface area contributed by atoms with Crippen molar-refractivity contribution in [1.82, 2.24) is 4.57 Å². The molecule has 6 nitrogen and oxygen atoms in total. The van der Waals surface area contributed by atoms with Crippen molar-refractivity contribution in [2.75, 3.05) is 18.0 Å². The molecule has 0 spiro atoms. The Bertz CT molecular complexity index is 909. The summed E-state index contributed by atoms with van der Waals surface area (Å²) in [6.45, 7) is 0.217. The van der Waals surface area contributed by atoms with Crippen LogP contribution in [-0.2, 0) is 0 Å². The van der Waals surface area contributed by atoms with E-state index >= 15 is 0 Å². The molecule has 0 unspecified atom stereocenters. The number of aromatic nitrogens is 1. The van der Waals surface area contributed by atoms with E-state index in [0.717, 1.165) is 30.8 Å². The van der Waals surface area contributed by atoms with Crippen LogP contribution in [0.25, 0.3) is 10.9 Å².